The van der Waals surface area contributed by atoms with Crippen molar-refractivity contribution in [3.8, 4) is 17.1 Å². The SMILES string of the molecule is COc1ccc(-c2nnn(C)n2)cc1CN[C@@H]1CCCN[C@@H]1c1ccccc1.Cl.Cl. The standard InChI is InChI=1S/C21H26N6O.2ClH/c1-27-25-21(24-26-27)16-10-11-19(28-2)17(13-16)14-23-18-9-6-12-22-20(18)15-7-4-3-5-8-15;;/h3-5,7-8,10-11,13,18,20,22-23H,6,9,12,14H2,1-2H3;2*1H/t18-,20-;;/m1../s1. The number of hydrogen-bond donors (Lipinski definition) is 2. The predicted molar refractivity (Wildman–Crippen MR) is 122 cm³/mol. The first kappa shape index (κ1) is 24.1. The fourth-order valence-electron chi connectivity index (χ4n) is 3.82. The van der Waals surface area contributed by atoms with Crippen LogP contribution in [0.15, 0.2) is 48.5 Å². The third-order valence-electron chi connectivity index (χ3n) is 5.22. The van der Waals surface area contributed by atoms with Crippen LogP contribution in [0, 0.1) is 0 Å². The lowest BCUT2D eigenvalue weighted by Gasteiger charge is -2.34. The summed E-state index contributed by atoms with van der Waals surface area (Å²) in [6, 6.07) is 17.3. The van der Waals surface area contributed by atoms with Gasteiger partial charge in [0.25, 0.3) is 0 Å². The Morgan fingerprint density at radius 3 is 2.67 bits per heavy atom. The summed E-state index contributed by atoms with van der Waals surface area (Å²) >= 11 is 0. The first-order valence-electron chi connectivity index (χ1n) is 9.67. The molecule has 30 heavy (non-hydrogen) atoms. The third kappa shape index (κ3) is 5.49. The first-order valence-corrected chi connectivity index (χ1v) is 9.67. The highest BCUT2D eigenvalue weighted by molar-refractivity contribution is 5.85. The number of nitrogens with zero attached hydrogens (tertiary/aromatic N) is 4. The molecule has 162 valence electrons. The molecule has 2 N–H and O–H groups in total. The van der Waals surface area contributed by atoms with E-state index in [9.17, 15) is 0 Å². The van der Waals surface area contributed by atoms with Crippen LogP contribution in [0.1, 0.15) is 30.0 Å². The highest BCUT2D eigenvalue weighted by Crippen LogP contribution is 2.27. The molecule has 2 heterocycles. The van der Waals surface area contributed by atoms with Crippen molar-refractivity contribution in [1.82, 2.24) is 30.8 Å². The summed E-state index contributed by atoms with van der Waals surface area (Å²) in [6.45, 7) is 1.77. The van der Waals surface area contributed by atoms with Crippen LogP contribution in [0.4, 0.5) is 0 Å². The molecule has 7 nitrogen and oxygen atoms in total. The van der Waals surface area contributed by atoms with E-state index in [1.165, 1.54) is 16.8 Å². The zero-order valence-electron chi connectivity index (χ0n) is 17.1. The largest absolute Gasteiger partial charge is 0.496 e. The van der Waals surface area contributed by atoms with E-state index in [0.717, 1.165) is 29.8 Å². The van der Waals surface area contributed by atoms with E-state index in [4.69, 9.17) is 4.74 Å². The van der Waals surface area contributed by atoms with Crippen LogP contribution in [0.25, 0.3) is 11.4 Å². The van der Waals surface area contributed by atoms with E-state index >= 15 is 0 Å². The minimum Gasteiger partial charge on any atom is -0.496 e. The lowest BCUT2D eigenvalue weighted by Crippen LogP contribution is -2.45. The number of aryl methyl sites for hydroxylation is 1. The molecular weight excluding hydrogens is 423 g/mol. The Balaban J connectivity index is 0.00000160. The van der Waals surface area contributed by atoms with Gasteiger partial charge in [-0.05, 0) is 48.4 Å². The number of rotatable bonds is 6. The normalized spacial score (nSPS) is 18.2. The lowest BCUT2D eigenvalue weighted by molar-refractivity contribution is 0.303. The molecule has 0 amide bonds. The van der Waals surface area contributed by atoms with E-state index in [0.29, 0.717) is 24.5 Å². The molecule has 0 bridgehead atoms. The van der Waals surface area contributed by atoms with Gasteiger partial charge in [-0.1, -0.05) is 30.3 Å². The molecule has 0 spiro atoms. The molecule has 1 aromatic heterocycles. The minimum absolute atomic E-state index is 0. The molecule has 0 unspecified atom stereocenters. The number of hydrogen-bond acceptors (Lipinski definition) is 6. The van der Waals surface area contributed by atoms with Crippen LogP contribution in [0.3, 0.4) is 0 Å². The van der Waals surface area contributed by atoms with Crippen LogP contribution in [-0.2, 0) is 13.6 Å². The van der Waals surface area contributed by atoms with Gasteiger partial charge in [-0.25, -0.2) is 0 Å². The van der Waals surface area contributed by atoms with Crippen LogP contribution in [0.2, 0.25) is 0 Å². The Labute approximate surface area is 189 Å². The Bertz CT molecular complexity index is 921. The number of methoxy groups -OCH3 is 1. The van der Waals surface area contributed by atoms with Crippen molar-refractivity contribution in [3.63, 3.8) is 0 Å². The van der Waals surface area contributed by atoms with Crippen molar-refractivity contribution in [3.05, 3.63) is 59.7 Å². The quantitative estimate of drug-likeness (QED) is 0.599. The van der Waals surface area contributed by atoms with E-state index in [1.807, 2.05) is 12.1 Å². The van der Waals surface area contributed by atoms with Crippen LogP contribution in [-0.4, -0.2) is 39.9 Å². The number of benzene rings is 2. The minimum atomic E-state index is 0. The Morgan fingerprint density at radius 1 is 1.17 bits per heavy atom. The molecule has 0 aliphatic carbocycles. The fraction of sp³-hybridized carbons (Fsp3) is 0.381. The lowest BCUT2D eigenvalue weighted by atomic mass is 9.92. The average molecular weight is 451 g/mol. The molecule has 3 aromatic rings. The van der Waals surface area contributed by atoms with Crippen molar-refractivity contribution in [1.29, 1.82) is 0 Å². The Morgan fingerprint density at radius 2 is 1.97 bits per heavy atom. The van der Waals surface area contributed by atoms with Gasteiger partial charge in [0.1, 0.15) is 5.75 Å². The van der Waals surface area contributed by atoms with Crippen molar-refractivity contribution in [2.24, 2.45) is 7.05 Å². The maximum absolute atomic E-state index is 5.58. The van der Waals surface area contributed by atoms with Gasteiger partial charge in [0.15, 0.2) is 0 Å². The second kappa shape index (κ2) is 11.3. The van der Waals surface area contributed by atoms with Gasteiger partial charge in [-0.3, -0.25) is 0 Å². The van der Waals surface area contributed by atoms with Crippen LogP contribution in [0.5, 0.6) is 5.75 Å². The molecular formula is C21H28Cl2N6O. The van der Waals surface area contributed by atoms with Crippen molar-refractivity contribution < 1.29 is 4.74 Å². The smallest absolute Gasteiger partial charge is 0.204 e. The third-order valence-corrected chi connectivity index (χ3v) is 5.22. The van der Waals surface area contributed by atoms with Gasteiger partial charge >= 0.3 is 0 Å². The fourth-order valence-corrected chi connectivity index (χ4v) is 3.82. The molecule has 9 heteroatoms. The molecule has 1 saturated heterocycles. The van der Waals surface area contributed by atoms with Gasteiger partial charge in [0.2, 0.25) is 5.82 Å². The van der Waals surface area contributed by atoms with Crippen molar-refractivity contribution >= 4 is 24.8 Å². The number of ether oxygens (including phenoxy) is 1. The summed E-state index contributed by atoms with van der Waals surface area (Å²) in [4.78, 5) is 1.47. The molecule has 0 radical (unpaired) electrons. The van der Waals surface area contributed by atoms with E-state index < -0.39 is 0 Å². The van der Waals surface area contributed by atoms with Gasteiger partial charge in [-0.2, -0.15) is 4.80 Å². The Hall–Kier alpha value is -2.19. The second-order valence-corrected chi connectivity index (χ2v) is 7.10. The van der Waals surface area contributed by atoms with E-state index in [-0.39, 0.29) is 24.8 Å². The molecule has 4 rings (SSSR count). The molecule has 2 atom stereocenters. The van der Waals surface area contributed by atoms with E-state index in [1.54, 1.807) is 14.2 Å². The van der Waals surface area contributed by atoms with Crippen molar-refractivity contribution in [2.45, 2.75) is 31.5 Å². The number of aromatic nitrogens is 4. The summed E-state index contributed by atoms with van der Waals surface area (Å²) in [6.07, 6.45) is 2.31. The number of nitrogens with one attached hydrogen (secondary N) is 2. The molecule has 0 saturated carbocycles. The second-order valence-electron chi connectivity index (χ2n) is 7.10. The summed E-state index contributed by atoms with van der Waals surface area (Å²) in [7, 11) is 3.47. The van der Waals surface area contributed by atoms with E-state index in [2.05, 4.69) is 62.4 Å². The molecule has 1 aliphatic heterocycles. The summed E-state index contributed by atoms with van der Waals surface area (Å²) in [5, 5.41) is 19.8. The van der Waals surface area contributed by atoms with Crippen LogP contribution >= 0.6 is 24.8 Å². The maximum atomic E-state index is 5.58. The number of halogens is 2. The number of piperidine rings is 1. The monoisotopic (exact) mass is 450 g/mol. The average Bonchev–Trinajstić information content (AvgIpc) is 3.19. The zero-order valence-corrected chi connectivity index (χ0v) is 18.7. The topological polar surface area (TPSA) is 76.9 Å². The van der Waals surface area contributed by atoms with Gasteiger partial charge < -0.3 is 15.4 Å². The number of tetrazole rings is 1. The molecule has 1 aliphatic rings. The molecule has 2 aromatic carbocycles. The first-order chi connectivity index (χ1) is 13.7. The van der Waals surface area contributed by atoms with Gasteiger partial charge in [-0.15, -0.1) is 35.0 Å². The summed E-state index contributed by atoms with van der Waals surface area (Å²) in [5.74, 6) is 1.48. The Kier molecular flexibility index (Phi) is 9.05. The van der Waals surface area contributed by atoms with Gasteiger partial charge in [0, 0.05) is 29.8 Å². The highest BCUT2D eigenvalue weighted by atomic mass is 35.5. The maximum Gasteiger partial charge on any atom is 0.204 e. The van der Waals surface area contributed by atoms with Gasteiger partial charge in [0.05, 0.1) is 14.2 Å². The van der Waals surface area contributed by atoms with Crippen LogP contribution < -0.4 is 15.4 Å². The zero-order chi connectivity index (χ0) is 19.3. The predicted octanol–water partition coefficient (Wildman–Crippen LogP) is 3.31. The molecule has 1 fully saturated rings. The summed E-state index contributed by atoms with van der Waals surface area (Å²) in [5.41, 5.74) is 3.35. The van der Waals surface area contributed by atoms with Crippen molar-refractivity contribution in [2.75, 3.05) is 13.7 Å². The highest BCUT2D eigenvalue weighted by Gasteiger charge is 2.25. The summed E-state index contributed by atoms with van der Waals surface area (Å²) < 4.78 is 5.58.